The maximum Gasteiger partial charge on any atom is 0.350 e. The standard InChI is InChI=1S/C22H16F2N2O2/c1-14-6-4-8-16(12-14)22(23,24)21(27)25-17-9-5-7-15(13-17)20-26-18-10-2-3-11-19(18)28-20/h2-13H,1H3,(H,25,27). The van der Waals surface area contributed by atoms with E-state index in [1.807, 2.05) is 18.2 Å². The number of carbonyl (C=O) groups excluding carboxylic acids is 1. The molecule has 28 heavy (non-hydrogen) atoms. The van der Waals surface area contributed by atoms with Gasteiger partial charge in [0.25, 0.3) is 5.91 Å². The fourth-order valence-electron chi connectivity index (χ4n) is 2.91. The van der Waals surface area contributed by atoms with Crippen LogP contribution in [0.5, 0.6) is 0 Å². The molecule has 1 amide bonds. The second-order valence-corrected chi connectivity index (χ2v) is 6.47. The van der Waals surface area contributed by atoms with E-state index in [1.54, 1.807) is 37.3 Å². The smallest absolute Gasteiger partial charge is 0.350 e. The van der Waals surface area contributed by atoms with Crippen molar-refractivity contribution in [1.82, 2.24) is 4.98 Å². The van der Waals surface area contributed by atoms with Crippen LogP contribution in [0.2, 0.25) is 0 Å². The molecule has 0 aliphatic carbocycles. The number of benzene rings is 3. The van der Waals surface area contributed by atoms with E-state index in [9.17, 15) is 13.6 Å². The van der Waals surface area contributed by atoms with Crippen LogP contribution < -0.4 is 5.32 Å². The minimum Gasteiger partial charge on any atom is -0.436 e. The van der Waals surface area contributed by atoms with Crippen molar-refractivity contribution in [2.45, 2.75) is 12.8 Å². The molecular formula is C22H16F2N2O2. The van der Waals surface area contributed by atoms with E-state index in [2.05, 4.69) is 10.3 Å². The van der Waals surface area contributed by atoms with Crippen LogP contribution >= 0.6 is 0 Å². The molecule has 4 nitrogen and oxygen atoms in total. The summed E-state index contributed by atoms with van der Waals surface area (Å²) < 4.78 is 34.8. The first-order valence-corrected chi connectivity index (χ1v) is 8.66. The molecule has 0 aliphatic heterocycles. The van der Waals surface area contributed by atoms with Gasteiger partial charge in [0.15, 0.2) is 5.58 Å². The Labute approximate surface area is 159 Å². The van der Waals surface area contributed by atoms with Crippen molar-refractivity contribution in [3.8, 4) is 11.5 Å². The fourth-order valence-corrected chi connectivity index (χ4v) is 2.91. The molecule has 0 saturated heterocycles. The van der Waals surface area contributed by atoms with Gasteiger partial charge >= 0.3 is 5.92 Å². The van der Waals surface area contributed by atoms with Gasteiger partial charge in [0.1, 0.15) is 5.52 Å². The van der Waals surface area contributed by atoms with E-state index in [0.717, 1.165) is 0 Å². The molecule has 0 atom stereocenters. The van der Waals surface area contributed by atoms with Crippen LogP contribution in [0.1, 0.15) is 11.1 Å². The number of hydrogen-bond donors (Lipinski definition) is 1. The fraction of sp³-hybridized carbons (Fsp3) is 0.0909. The SMILES string of the molecule is Cc1cccc(C(F)(F)C(=O)Nc2cccc(-c3nc4ccccc4o3)c2)c1. The number of amides is 1. The van der Waals surface area contributed by atoms with Crippen molar-refractivity contribution >= 4 is 22.7 Å². The first kappa shape index (κ1) is 17.9. The van der Waals surface area contributed by atoms with Crippen molar-refractivity contribution in [2.75, 3.05) is 5.32 Å². The number of fused-ring (bicyclic) bond motifs is 1. The molecule has 0 radical (unpaired) electrons. The van der Waals surface area contributed by atoms with E-state index in [4.69, 9.17) is 4.42 Å². The molecular weight excluding hydrogens is 362 g/mol. The predicted octanol–water partition coefficient (Wildman–Crippen LogP) is 5.53. The normalized spacial score (nSPS) is 11.5. The van der Waals surface area contributed by atoms with E-state index < -0.39 is 11.8 Å². The number of hydrogen-bond acceptors (Lipinski definition) is 3. The van der Waals surface area contributed by atoms with Crippen molar-refractivity contribution in [3.63, 3.8) is 0 Å². The van der Waals surface area contributed by atoms with Crippen LogP contribution in [-0.4, -0.2) is 10.9 Å². The van der Waals surface area contributed by atoms with Crippen LogP contribution in [0.3, 0.4) is 0 Å². The van der Waals surface area contributed by atoms with Crippen molar-refractivity contribution in [2.24, 2.45) is 0 Å². The highest BCUT2D eigenvalue weighted by Gasteiger charge is 2.41. The van der Waals surface area contributed by atoms with Crippen LogP contribution in [0, 0.1) is 6.92 Å². The molecule has 1 N–H and O–H groups in total. The summed E-state index contributed by atoms with van der Waals surface area (Å²) in [4.78, 5) is 16.6. The largest absolute Gasteiger partial charge is 0.436 e. The third-order valence-corrected chi connectivity index (χ3v) is 4.33. The maximum absolute atomic E-state index is 14.5. The molecule has 140 valence electrons. The average molecular weight is 378 g/mol. The van der Waals surface area contributed by atoms with Crippen LogP contribution in [0.25, 0.3) is 22.6 Å². The summed E-state index contributed by atoms with van der Waals surface area (Å²) >= 11 is 0. The third kappa shape index (κ3) is 3.36. The Kier molecular flexibility index (Phi) is 4.39. The number of alkyl halides is 2. The second-order valence-electron chi connectivity index (χ2n) is 6.47. The van der Waals surface area contributed by atoms with Gasteiger partial charge in [-0.3, -0.25) is 4.79 Å². The maximum atomic E-state index is 14.5. The van der Waals surface area contributed by atoms with Gasteiger partial charge in [-0.1, -0.05) is 42.0 Å². The van der Waals surface area contributed by atoms with Gasteiger partial charge in [0.05, 0.1) is 0 Å². The zero-order valence-electron chi connectivity index (χ0n) is 14.9. The average Bonchev–Trinajstić information content (AvgIpc) is 3.12. The number of aryl methyl sites for hydroxylation is 1. The summed E-state index contributed by atoms with van der Waals surface area (Å²) in [5.41, 5.74) is 2.43. The molecule has 0 unspecified atom stereocenters. The van der Waals surface area contributed by atoms with Crippen molar-refractivity contribution in [1.29, 1.82) is 0 Å². The molecule has 1 heterocycles. The highest BCUT2D eigenvalue weighted by Crippen LogP contribution is 2.31. The van der Waals surface area contributed by atoms with Crippen molar-refractivity contribution in [3.05, 3.63) is 83.9 Å². The van der Waals surface area contributed by atoms with Gasteiger partial charge in [-0.2, -0.15) is 8.78 Å². The molecule has 0 saturated carbocycles. The lowest BCUT2D eigenvalue weighted by atomic mass is 10.0. The number of halogens is 2. The minimum atomic E-state index is -3.65. The quantitative estimate of drug-likeness (QED) is 0.508. The second kappa shape index (κ2) is 6.88. The van der Waals surface area contributed by atoms with Crippen LogP contribution in [0.4, 0.5) is 14.5 Å². The zero-order valence-corrected chi connectivity index (χ0v) is 14.9. The summed E-state index contributed by atoms with van der Waals surface area (Å²) in [6.45, 7) is 1.70. The van der Waals surface area contributed by atoms with Crippen LogP contribution in [-0.2, 0) is 10.7 Å². The molecule has 0 fully saturated rings. The summed E-state index contributed by atoms with van der Waals surface area (Å²) in [7, 11) is 0. The molecule has 4 rings (SSSR count). The van der Waals surface area contributed by atoms with E-state index in [-0.39, 0.29) is 11.3 Å². The van der Waals surface area contributed by atoms with Crippen LogP contribution in [0.15, 0.2) is 77.2 Å². The minimum absolute atomic E-state index is 0.233. The van der Waals surface area contributed by atoms with Gasteiger partial charge < -0.3 is 9.73 Å². The lowest BCUT2D eigenvalue weighted by Crippen LogP contribution is -2.32. The Balaban J connectivity index is 1.60. The molecule has 1 aromatic heterocycles. The lowest BCUT2D eigenvalue weighted by molar-refractivity contribution is -0.140. The Morgan fingerprint density at radius 2 is 1.79 bits per heavy atom. The summed E-state index contributed by atoms with van der Waals surface area (Å²) in [5, 5.41) is 2.29. The van der Waals surface area contributed by atoms with E-state index in [0.29, 0.717) is 28.1 Å². The number of nitrogens with zero attached hydrogens (tertiary/aromatic N) is 1. The molecule has 4 aromatic rings. The van der Waals surface area contributed by atoms with Crippen molar-refractivity contribution < 1.29 is 18.0 Å². The highest BCUT2D eigenvalue weighted by molar-refractivity contribution is 5.97. The highest BCUT2D eigenvalue weighted by atomic mass is 19.3. The Morgan fingerprint density at radius 1 is 1.00 bits per heavy atom. The molecule has 0 aliphatic rings. The summed E-state index contributed by atoms with van der Waals surface area (Å²) in [6, 6.07) is 19.5. The van der Waals surface area contributed by atoms with E-state index >= 15 is 0 Å². The Hall–Kier alpha value is -3.54. The first-order chi connectivity index (χ1) is 13.4. The summed E-state index contributed by atoms with van der Waals surface area (Å²) in [5.74, 6) is -4.70. The first-order valence-electron chi connectivity index (χ1n) is 8.66. The monoisotopic (exact) mass is 378 g/mol. The summed E-state index contributed by atoms with van der Waals surface area (Å²) in [6.07, 6.45) is 0. The van der Waals surface area contributed by atoms with Gasteiger partial charge in [0, 0.05) is 16.8 Å². The number of rotatable bonds is 4. The zero-order chi connectivity index (χ0) is 19.7. The number of aromatic nitrogens is 1. The van der Waals surface area contributed by atoms with E-state index in [1.165, 1.54) is 24.3 Å². The number of oxazole rings is 1. The number of nitrogens with one attached hydrogen (secondary N) is 1. The molecule has 0 bridgehead atoms. The molecule has 0 spiro atoms. The van der Waals surface area contributed by atoms with Gasteiger partial charge in [-0.15, -0.1) is 0 Å². The Bertz CT molecular complexity index is 1130. The molecule has 3 aromatic carbocycles. The van der Waals surface area contributed by atoms with Gasteiger partial charge in [-0.25, -0.2) is 4.98 Å². The lowest BCUT2D eigenvalue weighted by Gasteiger charge is -2.17. The predicted molar refractivity (Wildman–Crippen MR) is 103 cm³/mol. The number of carbonyl (C=O) groups is 1. The van der Waals surface area contributed by atoms with Gasteiger partial charge in [0.2, 0.25) is 5.89 Å². The topological polar surface area (TPSA) is 55.1 Å². The molecule has 6 heteroatoms. The number of anilines is 1. The van der Waals surface area contributed by atoms with Gasteiger partial charge in [-0.05, 0) is 43.3 Å². The Morgan fingerprint density at radius 3 is 2.57 bits per heavy atom. The third-order valence-electron chi connectivity index (χ3n) is 4.33. The number of para-hydroxylation sites is 2.